The van der Waals surface area contributed by atoms with Gasteiger partial charge in [-0.15, -0.1) is 0 Å². The fourth-order valence-corrected chi connectivity index (χ4v) is 3.42. The second kappa shape index (κ2) is 6.66. The molecule has 0 saturated carbocycles. The molecule has 2 aliphatic rings. The summed E-state index contributed by atoms with van der Waals surface area (Å²) in [7, 11) is 3.49. The van der Waals surface area contributed by atoms with Crippen LogP contribution in [0.5, 0.6) is 5.88 Å². The maximum absolute atomic E-state index is 13.9. The Morgan fingerprint density at radius 3 is 2.96 bits per heavy atom. The molecule has 0 fully saturated rings. The van der Waals surface area contributed by atoms with E-state index in [1.807, 2.05) is 13.3 Å². The molecular weight excluding hydrogens is 363 g/mol. The maximum atomic E-state index is 13.9. The minimum absolute atomic E-state index is 0.124. The van der Waals surface area contributed by atoms with Crippen LogP contribution in [0.4, 0.5) is 10.2 Å². The zero-order valence-electron chi connectivity index (χ0n) is 15.8. The highest BCUT2D eigenvalue weighted by Gasteiger charge is 2.33. The molecule has 4 rings (SSSR count). The number of ether oxygens (including phenoxy) is 1. The molecule has 0 spiro atoms. The van der Waals surface area contributed by atoms with Gasteiger partial charge in [-0.25, -0.2) is 14.4 Å². The van der Waals surface area contributed by atoms with E-state index >= 15 is 0 Å². The molecule has 1 amide bonds. The van der Waals surface area contributed by atoms with E-state index in [-0.39, 0.29) is 30.1 Å². The summed E-state index contributed by atoms with van der Waals surface area (Å²) in [5.41, 5.74) is 8.06. The number of hydrogen-bond acceptors (Lipinski definition) is 6. The van der Waals surface area contributed by atoms with Crippen molar-refractivity contribution in [3.05, 3.63) is 47.0 Å². The quantitative estimate of drug-likeness (QED) is 0.697. The van der Waals surface area contributed by atoms with Gasteiger partial charge >= 0.3 is 0 Å². The van der Waals surface area contributed by atoms with Gasteiger partial charge in [0.2, 0.25) is 0 Å². The first kappa shape index (κ1) is 18.0. The molecule has 144 valence electrons. The fraction of sp³-hybridized carbons (Fsp3) is 0.316. The monoisotopic (exact) mass is 383 g/mol. The molecule has 2 atom stereocenters. The third-order valence-corrected chi connectivity index (χ3v) is 4.83. The predicted octanol–water partition coefficient (Wildman–Crippen LogP) is 1.59. The van der Waals surface area contributed by atoms with Crippen molar-refractivity contribution >= 4 is 23.7 Å². The Morgan fingerprint density at radius 2 is 2.18 bits per heavy atom. The van der Waals surface area contributed by atoms with Gasteiger partial charge < -0.3 is 15.4 Å². The lowest BCUT2D eigenvalue weighted by Crippen LogP contribution is -2.35. The van der Waals surface area contributed by atoms with E-state index in [4.69, 9.17) is 10.5 Å². The molecule has 1 aromatic heterocycles. The van der Waals surface area contributed by atoms with Gasteiger partial charge in [0, 0.05) is 18.2 Å². The third kappa shape index (κ3) is 3.08. The van der Waals surface area contributed by atoms with Crippen LogP contribution in [0.15, 0.2) is 29.5 Å². The zero-order chi connectivity index (χ0) is 20.0. The molecule has 1 aromatic carbocycles. The van der Waals surface area contributed by atoms with Crippen LogP contribution in [-0.4, -0.2) is 58.0 Å². The van der Waals surface area contributed by atoms with Crippen molar-refractivity contribution in [1.29, 1.82) is 0 Å². The first-order chi connectivity index (χ1) is 13.3. The summed E-state index contributed by atoms with van der Waals surface area (Å²) < 4.78 is 21.5. The van der Waals surface area contributed by atoms with Gasteiger partial charge in [-0.3, -0.25) is 4.79 Å². The Kier molecular flexibility index (Phi) is 4.29. The minimum Gasteiger partial charge on any atom is -0.467 e. The van der Waals surface area contributed by atoms with Crippen LogP contribution >= 0.6 is 0 Å². The van der Waals surface area contributed by atoms with Crippen LogP contribution in [0.3, 0.4) is 0 Å². The molecule has 9 heteroatoms. The number of fused-ring (bicyclic) bond motifs is 5. The minimum atomic E-state index is -0.655. The SMILES string of the molecule is C[C@@H]1Oc2nc(cnc2N)C2C=[N+](C)N=C2CN(C)C(=O)c2ccc(F)cc21. The number of nitrogens with zero attached hydrogens (tertiary/aromatic N) is 5. The Bertz CT molecular complexity index is 1040. The number of amides is 1. The number of hydrazone groups is 1. The second-order valence-electron chi connectivity index (χ2n) is 6.93. The topological polar surface area (TPSA) is 96.7 Å². The average molecular weight is 383 g/mol. The largest absolute Gasteiger partial charge is 0.467 e. The number of hydrogen-bond donors (Lipinski definition) is 1. The number of carbonyl (C=O) groups excluding carboxylic acids is 1. The number of rotatable bonds is 0. The van der Waals surface area contributed by atoms with E-state index in [9.17, 15) is 9.18 Å². The van der Waals surface area contributed by atoms with Crippen molar-refractivity contribution < 1.29 is 18.6 Å². The zero-order valence-corrected chi connectivity index (χ0v) is 15.8. The number of aromatic nitrogens is 2. The van der Waals surface area contributed by atoms with Gasteiger partial charge in [0.15, 0.2) is 19.1 Å². The fourth-order valence-electron chi connectivity index (χ4n) is 3.42. The summed E-state index contributed by atoms with van der Waals surface area (Å²) in [5, 5.41) is 4.48. The van der Waals surface area contributed by atoms with Gasteiger partial charge in [-0.05, 0) is 30.2 Å². The van der Waals surface area contributed by atoms with Crippen LogP contribution in [0.1, 0.15) is 40.6 Å². The highest BCUT2D eigenvalue weighted by atomic mass is 19.1. The highest BCUT2D eigenvalue weighted by molar-refractivity contribution is 6.07. The first-order valence-corrected chi connectivity index (χ1v) is 8.82. The van der Waals surface area contributed by atoms with Crippen LogP contribution in [-0.2, 0) is 0 Å². The molecule has 8 nitrogen and oxygen atoms in total. The Labute approximate surface area is 161 Å². The summed E-state index contributed by atoms with van der Waals surface area (Å²) in [6.07, 6.45) is 2.80. The van der Waals surface area contributed by atoms with Gasteiger partial charge in [0.1, 0.15) is 23.6 Å². The van der Waals surface area contributed by atoms with Gasteiger partial charge in [0.05, 0.1) is 18.4 Å². The first-order valence-electron chi connectivity index (χ1n) is 8.82. The summed E-state index contributed by atoms with van der Waals surface area (Å²) in [6.45, 7) is 2.01. The van der Waals surface area contributed by atoms with E-state index in [2.05, 4.69) is 15.1 Å². The molecule has 0 radical (unpaired) electrons. The Morgan fingerprint density at radius 1 is 1.39 bits per heavy atom. The molecule has 3 heterocycles. The van der Waals surface area contributed by atoms with Crippen LogP contribution in [0, 0.1) is 5.82 Å². The lowest BCUT2D eigenvalue weighted by atomic mass is 9.99. The van der Waals surface area contributed by atoms with Crippen molar-refractivity contribution in [3.8, 4) is 5.88 Å². The molecule has 1 unspecified atom stereocenters. The molecule has 0 aliphatic carbocycles. The molecule has 2 aromatic rings. The lowest BCUT2D eigenvalue weighted by Gasteiger charge is -2.24. The normalized spacial score (nSPS) is 21.6. The third-order valence-electron chi connectivity index (χ3n) is 4.83. The lowest BCUT2D eigenvalue weighted by molar-refractivity contribution is -0.495. The number of nitrogens with two attached hydrogens (primary N) is 1. The summed E-state index contributed by atoms with van der Waals surface area (Å²) in [5.74, 6) is -0.688. The van der Waals surface area contributed by atoms with E-state index in [0.29, 0.717) is 16.8 Å². The molecule has 2 N–H and O–H groups in total. The highest BCUT2D eigenvalue weighted by Crippen LogP contribution is 2.30. The molecular formula is C19H20FN6O2+. The Hall–Kier alpha value is -3.36. The van der Waals surface area contributed by atoms with Crippen molar-refractivity contribution in [2.75, 3.05) is 26.4 Å². The van der Waals surface area contributed by atoms with Gasteiger partial charge in [-0.2, -0.15) is 0 Å². The number of anilines is 1. The number of nitrogen functional groups attached to an aromatic ring is 1. The van der Waals surface area contributed by atoms with Crippen LogP contribution < -0.4 is 10.5 Å². The molecule has 2 bridgehead atoms. The maximum Gasteiger partial charge on any atom is 0.258 e. The van der Waals surface area contributed by atoms with Crippen molar-refractivity contribution in [2.45, 2.75) is 18.9 Å². The Balaban J connectivity index is 1.89. The van der Waals surface area contributed by atoms with Crippen molar-refractivity contribution in [2.24, 2.45) is 5.10 Å². The van der Waals surface area contributed by atoms with Crippen LogP contribution in [0.25, 0.3) is 0 Å². The molecule has 28 heavy (non-hydrogen) atoms. The van der Waals surface area contributed by atoms with E-state index in [0.717, 1.165) is 5.71 Å². The van der Waals surface area contributed by atoms with Gasteiger partial charge in [0.25, 0.3) is 11.8 Å². The standard InChI is InChI=1S/C19H20FN6O2/c1-10-13-6-11(20)4-5-12(13)19(27)25(2)9-16-14(8-26(3)24-16)15-7-22-17(21)18(23-15)28-10/h4-8,10,14H,9H2,1-3H3,(H2,21,22)/q+1/t10-,14?/m0/s1. The molecule has 2 aliphatic heterocycles. The predicted molar refractivity (Wildman–Crippen MR) is 101 cm³/mol. The number of carbonyl (C=O) groups is 1. The van der Waals surface area contributed by atoms with Gasteiger partial charge in [-0.1, -0.05) is 4.68 Å². The van der Waals surface area contributed by atoms with E-state index in [1.165, 1.54) is 18.2 Å². The van der Waals surface area contributed by atoms with Crippen molar-refractivity contribution in [3.63, 3.8) is 0 Å². The van der Waals surface area contributed by atoms with Crippen molar-refractivity contribution in [1.82, 2.24) is 14.9 Å². The number of benzene rings is 1. The van der Waals surface area contributed by atoms with E-state index in [1.54, 1.807) is 29.8 Å². The second-order valence-corrected chi connectivity index (χ2v) is 6.93. The number of halogens is 1. The summed E-state index contributed by atoms with van der Waals surface area (Å²) >= 11 is 0. The summed E-state index contributed by atoms with van der Waals surface area (Å²) in [4.78, 5) is 23.3. The van der Waals surface area contributed by atoms with E-state index < -0.39 is 11.9 Å². The summed E-state index contributed by atoms with van der Waals surface area (Å²) in [6, 6.07) is 4.02. The average Bonchev–Trinajstić information content (AvgIpc) is 3.02. The smallest absolute Gasteiger partial charge is 0.258 e. The molecule has 0 saturated heterocycles. The van der Waals surface area contributed by atoms with Crippen LogP contribution in [0.2, 0.25) is 0 Å².